The SMILES string of the molecule is CC[C@H](C)[C@H](N)C(=O)N1CCC[C@H]1c1nc(-c2ccc(F)c3ccccc23)cs1. The Morgan fingerprint density at radius 3 is 2.83 bits per heavy atom. The highest BCUT2D eigenvalue weighted by Crippen LogP contribution is 2.38. The molecule has 2 N–H and O–H groups in total. The largest absolute Gasteiger partial charge is 0.332 e. The summed E-state index contributed by atoms with van der Waals surface area (Å²) in [6.07, 6.45) is 2.73. The molecule has 3 atom stereocenters. The number of carbonyl (C=O) groups excluding carboxylic acids is 1. The number of rotatable bonds is 5. The van der Waals surface area contributed by atoms with E-state index in [1.807, 2.05) is 35.4 Å². The number of likely N-dealkylation sites (tertiary alicyclic amines) is 1. The number of hydrogen-bond acceptors (Lipinski definition) is 4. The summed E-state index contributed by atoms with van der Waals surface area (Å²) in [5.74, 6) is -0.0570. The third-order valence-electron chi connectivity index (χ3n) is 6.03. The van der Waals surface area contributed by atoms with Crippen molar-refractivity contribution < 1.29 is 9.18 Å². The average Bonchev–Trinajstić information content (AvgIpc) is 3.42. The third kappa shape index (κ3) is 3.67. The third-order valence-corrected chi connectivity index (χ3v) is 6.98. The number of carbonyl (C=O) groups is 1. The van der Waals surface area contributed by atoms with E-state index < -0.39 is 6.04 Å². The van der Waals surface area contributed by atoms with Gasteiger partial charge in [0.25, 0.3) is 0 Å². The van der Waals surface area contributed by atoms with Crippen LogP contribution in [0.25, 0.3) is 22.0 Å². The molecular weight excluding hydrogens is 385 g/mol. The fourth-order valence-corrected chi connectivity index (χ4v) is 4.99. The molecule has 2 aromatic carbocycles. The lowest BCUT2D eigenvalue weighted by Crippen LogP contribution is -2.46. The highest BCUT2D eigenvalue weighted by Gasteiger charge is 2.35. The number of nitrogens with zero attached hydrogens (tertiary/aromatic N) is 2. The van der Waals surface area contributed by atoms with Gasteiger partial charge in [-0.05, 0) is 36.3 Å². The number of thiazole rings is 1. The number of amides is 1. The van der Waals surface area contributed by atoms with Crippen LogP contribution >= 0.6 is 11.3 Å². The summed E-state index contributed by atoms with van der Waals surface area (Å²) in [5, 5.41) is 4.37. The molecule has 1 fully saturated rings. The van der Waals surface area contributed by atoms with Gasteiger partial charge >= 0.3 is 0 Å². The summed E-state index contributed by atoms with van der Waals surface area (Å²) >= 11 is 1.56. The quantitative estimate of drug-likeness (QED) is 0.632. The Balaban J connectivity index is 1.64. The zero-order valence-electron chi connectivity index (χ0n) is 16.8. The topological polar surface area (TPSA) is 59.2 Å². The second-order valence-corrected chi connectivity index (χ2v) is 8.70. The van der Waals surface area contributed by atoms with Crippen LogP contribution in [0.3, 0.4) is 0 Å². The van der Waals surface area contributed by atoms with Crippen molar-refractivity contribution >= 4 is 28.0 Å². The fraction of sp³-hybridized carbons (Fsp3) is 0.391. The highest BCUT2D eigenvalue weighted by molar-refractivity contribution is 7.10. The van der Waals surface area contributed by atoms with Crippen molar-refractivity contribution in [3.8, 4) is 11.3 Å². The van der Waals surface area contributed by atoms with Crippen LogP contribution in [0, 0.1) is 11.7 Å². The maximum absolute atomic E-state index is 14.2. The van der Waals surface area contributed by atoms with E-state index in [-0.39, 0.29) is 23.7 Å². The van der Waals surface area contributed by atoms with E-state index in [9.17, 15) is 9.18 Å². The Bertz CT molecular complexity index is 1030. The predicted octanol–water partition coefficient (Wildman–Crippen LogP) is 5.14. The van der Waals surface area contributed by atoms with Crippen LogP contribution in [-0.4, -0.2) is 28.4 Å². The molecule has 4 rings (SSSR count). The summed E-state index contributed by atoms with van der Waals surface area (Å²) < 4.78 is 14.2. The molecular formula is C23H26FN3OS. The standard InChI is InChI=1S/C23H26FN3OS/c1-3-14(2)21(25)23(28)27-12-6-9-20(27)22-26-19(13-29-22)17-10-11-18(24)16-8-5-4-7-15(16)17/h4-5,7-8,10-11,13-14,20-21H,3,6,9,12,25H2,1-2H3/t14-,20-,21-/m0/s1. The number of hydrogen-bond donors (Lipinski definition) is 1. The first-order valence-electron chi connectivity index (χ1n) is 10.2. The lowest BCUT2D eigenvalue weighted by Gasteiger charge is -2.28. The minimum atomic E-state index is -0.471. The monoisotopic (exact) mass is 411 g/mol. The van der Waals surface area contributed by atoms with Crippen LogP contribution < -0.4 is 5.73 Å². The molecule has 0 radical (unpaired) electrons. The molecule has 1 saturated heterocycles. The summed E-state index contributed by atoms with van der Waals surface area (Å²) in [7, 11) is 0. The fourth-order valence-electron chi connectivity index (χ4n) is 4.03. The second-order valence-electron chi connectivity index (χ2n) is 7.81. The van der Waals surface area contributed by atoms with Gasteiger partial charge in [-0.15, -0.1) is 11.3 Å². The van der Waals surface area contributed by atoms with Crippen LogP contribution in [0.4, 0.5) is 4.39 Å². The minimum absolute atomic E-state index is 0.0193. The summed E-state index contributed by atoms with van der Waals surface area (Å²) in [5.41, 5.74) is 7.96. The first-order valence-corrected chi connectivity index (χ1v) is 11.1. The van der Waals surface area contributed by atoms with E-state index in [1.54, 1.807) is 23.5 Å². The molecule has 1 aliphatic rings. The molecule has 0 spiro atoms. The number of aromatic nitrogens is 1. The number of halogens is 1. The van der Waals surface area contributed by atoms with Crippen molar-refractivity contribution in [2.24, 2.45) is 11.7 Å². The average molecular weight is 412 g/mol. The lowest BCUT2D eigenvalue weighted by molar-refractivity contribution is -0.134. The smallest absolute Gasteiger partial charge is 0.240 e. The van der Waals surface area contributed by atoms with E-state index >= 15 is 0 Å². The summed E-state index contributed by atoms with van der Waals surface area (Å²) in [6, 6.07) is 10.2. The van der Waals surface area contributed by atoms with Gasteiger partial charge in [0.05, 0.1) is 17.8 Å². The Hall–Kier alpha value is -2.31. The van der Waals surface area contributed by atoms with E-state index in [4.69, 9.17) is 10.7 Å². The molecule has 29 heavy (non-hydrogen) atoms. The van der Waals surface area contributed by atoms with E-state index in [2.05, 4.69) is 6.92 Å². The van der Waals surface area contributed by atoms with Gasteiger partial charge in [-0.3, -0.25) is 4.79 Å². The first kappa shape index (κ1) is 20.0. The van der Waals surface area contributed by atoms with Gasteiger partial charge in [0.15, 0.2) is 0 Å². The van der Waals surface area contributed by atoms with E-state index in [1.165, 1.54) is 6.07 Å². The Labute approximate surface area is 174 Å². The van der Waals surface area contributed by atoms with Crippen molar-refractivity contribution in [3.05, 3.63) is 52.6 Å². The van der Waals surface area contributed by atoms with Gasteiger partial charge in [-0.1, -0.05) is 44.5 Å². The molecule has 0 aliphatic carbocycles. The normalized spacial score (nSPS) is 18.9. The zero-order chi connectivity index (χ0) is 20.5. The molecule has 6 heteroatoms. The molecule has 1 aliphatic heterocycles. The van der Waals surface area contributed by atoms with Crippen molar-refractivity contribution in [2.45, 2.75) is 45.2 Å². The predicted molar refractivity (Wildman–Crippen MR) is 116 cm³/mol. The molecule has 0 saturated carbocycles. The van der Waals surface area contributed by atoms with Crippen LogP contribution in [0.5, 0.6) is 0 Å². The number of benzene rings is 2. The van der Waals surface area contributed by atoms with Gasteiger partial charge in [0.2, 0.25) is 5.91 Å². The molecule has 1 aromatic heterocycles. The van der Waals surface area contributed by atoms with Crippen molar-refractivity contribution in [1.82, 2.24) is 9.88 Å². The molecule has 4 nitrogen and oxygen atoms in total. The molecule has 0 bridgehead atoms. The van der Waals surface area contributed by atoms with Crippen molar-refractivity contribution in [3.63, 3.8) is 0 Å². The first-order chi connectivity index (χ1) is 14.0. The van der Waals surface area contributed by atoms with E-state index in [0.29, 0.717) is 5.39 Å². The molecule has 3 aromatic rings. The Morgan fingerprint density at radius 2 is 2.07 bits per heavy atom. The van der Waals surface area contributed by atoms with Gasteiger partial charge in [-0.25, -0.2) is 9.37 Å². The van der Waals surface area contributed by atoms with Crippen LogP contribution in [0.15, 0.2) is 41.8 Å². The van der Waals surface area contributed by atoms with Crippen LogP contribution in [-0.2, 0) is 4.79 Å². The Kier molecular flexibility index (Phi) is 5.65. The van der Waals surface area contributed by atoms with E-state index in [0.717, 1.165) is 47.5 Å². The highest BCUT2D eigenvalue weighted by atomic mass is 32.1. The maximum Gasteiger partial charge on any atom is 0.240 e. The van der Waals surface area contributed by atoms with Crippen LogP contribution in [0.2, 0.25) is 0 Å². The summed E-state index contributed by atoms with van der Waals surface area (Å²) in [6.45, 7) is 4.80. The van der Waals surface area contributed by atoms with Crippen molar-refractivity contribution in [1.29, 1.82) is 0 Å². The van der Waals surface area contributed by atoms with Gasteiger partial charge in [0, 0.05) is 22.9 Å². The maximum atomic E-state index is 14.2. The van der Waals surface area contributed by atoms with Gasteiger partial charge in [0.1, 0.15) is 10.8 Å². The molecule has 2 heterocycles. The lowest BCUT2D eigenvalue weighted by atomic mass is 9.98. The summed E-state index contributed by atoms with van der Waals surface area (Å²) in [4.78, 5) is 19.7. The molecule has 1 amide bonds. The van der Waals surface area contributed by atoms with Gasteiger partial charge < -0.3 is 10.6 Å². The van der Waals surface area contributed by atoms with Crippen LogP contribution in [0.1, 0.15) is 44.2 Å². The van der Waals surface area contributed by atoms with Gasteiger partial charge in [-0.2, -0.15) is 0 Å². The minimum Gasteiger partial charge on any atom is -0.332 e. The zero-order valence-corrected chi connectivity index (χ0v) is 17.6. The van der Waals surface area contributed by atoms with Crippen molar-refractivity contribution in [2.75, 3.05) is 6.54 Å². The molecule has 0 unspecified atom stereocenters. The second kappa shape index (κ2) is 8.20. The Morgan fingerprint density at radius 1 is 1.31 bits per heavy atom. The number of fused-ring (bicyclic) bond motifs is 1. The number of nitrogens with two attached hydrogens (primary N) is 1. The molecule has 152 valence electrons.